The molecular formula is C10H12F2N2O2. The summed E-state index contributed by atoms with van der Waals surface area (Å²) in [4.78, 5) is 11.2. The first-order chi connectivity index (χ1) is 7.52. The van der Waals surface area contributed by atoms with Crippen molar-refractivity contribution in [1.82, 2.24) is 5.32 Å². The van der Waals surface area contributed by atoms with E-state index in [4.69, 9.17) is 5.11 Å². The third-order valence-electron chi connectivity index (χ3n) is 1.83. The molecule has 16 heavy (non-hydrogen) atoms. The molecule has 0 bridgehead atoms. The Hall–Kier alpha value is -1.69. The smallest absolute Gasteiger partial charge is 0.319 e. The maximum absolute atomic E-state index is 13.1. The van der Waals surface area contributed by atoms with Crippen LogP contribution in [0.1, 0.15) is 6.92 Å². The SMILES string of the molecule is CC(CO)NC(=O)Nc1cc(F)ccc1F. The first-order valence-electron chi connectivity index (χ1n) is 4.66. The monoisotopic (exact) mass is 230 g/mol. The summed E-state index contributed by atoms with van der Waals surface area (Å²) < 4.78 is 25.8. The van der Waals surface area contributed by atoms with Crippen LogP contribution >= 0.6 is 0 Å². The molecule has 0 heterocycles. The molecule has 0 saturated carbocycles. The summed E-state index contributed by atoms with van der Waals surface area (Å²) in [5.41, 5.74) is -0.248. The van der Waals surface area contributed by atoms with Crippen LogP contribution in [0.3, 0.4) is 0 Å². The number of aliphatic hydroxyl groups excluding tert-OH is 1. The van der Waals surface area contributed by atoms with E-state index in [1.54, 1.807) is 6.92 Å². The number of amides is 2. The van der Waals surface area contributed by atoms with Gasteiger partial charge in [0.2, 0.25) is 0 Å². The maximum atomic E-state index is 13.1. The molecule has 0 aliphatic heterocycles. The summed E-state index contributed by atoms with van der Waals surface area (Å²) in [7, 11) is 0. The van der Waals surface area contributed by atoms with Crippen LogP contribution in [-0.4, -0.2) is 23.8 Å². The number of carbonyl (C=O) groups excluding carboxylic acids is 1. The average molecular weight is 230 g/mol. The highest BCUT2D eigenvalue weighted by molar-refractivity contribution is 5.89. The topological polar surface area (TPSA) is 61.4 Å². The van der Waals surface area contributed by atoms with E-state index in [1.807, 2.05) is 0 Å². The van der Waals surface area contributed by atoms with Gasteiger partial charge in [-0.15, -0.1) is 0 Å². The Bertz CT molecular complexity index is 385. The van der Waals surface area contributed by atoms with Gasteiger partial charge in [0.1, 0.15) is 11.6 Å². The van der Waals surface area contributed by atoms with E-state index in [0.717, 1.165) is 18.2 Å². The average Bonchev–Trinajstić information content (AvgIpc) is 2.23. The molecule has 0 aromatic heterocycles. The molecule has 2 amide bonds. The minimum atomic E-state index is -0.729. The van der Waals surface area contributed by atoms with Crippen molar-refractivity contribution in [3.8, 4) is 0 Å². The van der Waals surface area contributed by atoms with E-state index in [1.165, 1.54) is 0 Å². The lowest BCUT2D eigenvalue weighted by atomic mass is 10.3. The fraction of sp³-hybridized carbons (Fsp3) is 0.300. The van der Waals surface area contributed by atoms with Gasteiger partial charge in [-0.25, -0.2) is 13.6 Å². The highest BCUT2D eigenvalue weighted by atomic mass is 19.1. The minimum absolute atomic E-state index is 0.237. The second-order valence-electron chi connectivity index (χ2n) is 3.31. The molecule has 3 N–H and O–H groups in total. The van der Waals surface area contributed by atoms with Gasteiger partial charge in [0.25, 0.3) is 0 Å². The van der Waals surface area contributed by atoms with Gasteiger partial charge < -0.3 is 15.7 Å². The van der Waals surface area contributed by atoms with E-state index in [0.29, 0.717) is 0 Å². The summed E-state index contributed by atoms with van der Waals surface area (Å²) in [6, 6.07) is 1.58. The summed E-state index contributed by atoms with van der Waals surface area (Å²) in [5, 5.41) is 13.1. The zero-order valence-corrected chi connectivity index (χ0v) is 8.63. The molecule has 0 saturated heterocycles. The number of hydrogen-bond donors (Lipinski definition) is 3. The van der Waals surface area contributed by atoms with Crippen molar-refractivity contribution < 1.29 is 18.7 Å². The Morgan fingerprint density at radius 1 is 1.50 bits per heavy atom. The van der Waals surface area contributed by atoms with E-state index in [9.17, 15) is 13.6 Å². The number of halogens is 2. The molecule has 4 nitrogen and oxygen atoms in total. The molecule has 1 unspecified atom stereocenters. The second-order valence-corrected chi connectivity index (χ2v) is 3.31. The third-order valence-corrected chi connectivity index (χ3v) is 1.83. The molecule has 1 atom stereocenters. The quantitative estimate of drug-likeness (QED) is 0.736. The Labute approximate surface area is 91.3 Å². The predicted octanol–water partition coefficient (Wildman–Crippen LogP) is 1.47. The van der Waals surface area contributed by atoms with E-state index in [-0.39, 0.29) is 12.3 Å². The second kappa shape index (κ2) is 5.41. The first kappa shape index (κ1) is 12.4. The van der Waals surface area contributed by atoms with Gasteiger partial charge in [0.05, 0.1) is 18.3 Å². The molecule has 88 valence electrons. The molecular weight excluding hydrogens is 218 g/mol. The molecule has 1 rings (SSSR count). The van der Waals surface area contributed by atoms with Crippen LogP contribution < -0.4 is 10.6 Å². The van der Waals surface area contributed by atoms with E-state index in [2.05, 4.69) is 10.6 Å². The molecule has 0 fully saturated rings. The lowest BCUT2D eigenvalue weighted by molar-refractivity contribution is 0.229. The number of benzene rings is 1. The lowest BCUT2D eigenvalue weighted by Gasteiger charge is -2.12. The Morgan fingerprint density at radius 2 is 2.19 bits per heavy atom. The molecule has 0 aliphatic rings. The molecule has 0 aliphatic carbocycles. The number of urea groups is 1. The fourth-order valence-corrected chi connectivity index (χ4v) is 1.02. The zero-order chi connectivity index (χ0) is 12.1. The summed E-state index contributed by atoms with van der Waals surface area (Å²) in [5.74, 6) is -1.37. The van der Waals surface area contributed by atoms with Crippen LogP contribution in [0, 0.1) is 11.6 Å². The Morgan fingerprint density at radius 3 is 2.81 bits per heavy atom. The molecule has 1 aromatic rings. The predicted molar refractivity (Wildman–Crippen MR) is 55.1 cm³/mol. The van der Waals surface area contributed by atoms with Crippen LogP contribution in [0.15, 0.2) is 18.2 Å². The highest BCUT2D eigenvalue weighted by Crippen LogP contribution is 2.14. The number of anilines is 1. The van der Waals surface area contributed by atoms with Crippen LogP contribution in [-0.2, 0) is 0 Å². The summed E-state index contributed by atoms with van der Waals surface area (Å²) in [6.45, 7) is 1.33. The van der Waals surface area contributed by atoms with E-state index < -0.39 is 23.7 Å². The van der Waals surface area contributed by atoms with Crippen molar-refractivity contribution in [2.24, 2.45) is 0 Å². The Kier molecular flexibility index (Phi) is 4.19. The lowest BCUT2D eigenvalue weighted by Crippen LogP contribution is -2.38. The maximum Gasteiger partial charge on any atom is 0.319 e. The third kappa shape index (κ3) is 3.47. The van der Waals surface area contributed by atoms with Crippen molar-refractivity contribution in [2.75, 3.05) is 11.9 Å². The highest BCUT2D eigenvalue weighted by Gasteiger charge is 2.09. The van der Waals surface area contributed by atoms with Gasteiger partial charge in [0, 0.05) is 6.07 Å². The zero-order valence-electron chi connectivity index (χ0n) is 8.63. The van der Waals surface area contributed by atoms with Crippen LogP contribution in [0.25, 0.3) is 0 Å². The van der Waals surface area contributed by atoms with Gasteiger partial charge in [-0.2, -0.15) is 0 Å². The number of hydrogen-bond acceptors (Lipinski definition) is 2. The van der Waals surface area contributed by atoms with Gasteiger partial charge in [-0.3, -0.25) is 0 Å². The van der Waals surface area contributed by atoms with Crippen LogP contribution in [0.5, 0.6) is 0 Å². The first-order valence-corrected chi connectivity index (χ1v) is 4.66. The Balaban J connectivity index is 2.65. The molecule has 0 spiro atoms. The summed E-state index contributed by atoms with van der Waals surface area (Å²) in [6.07, 6.45) is 0. The van der Waals surface area contributed by atoms with Crippen molar-refractivity contribution in [2.45, 2.75) is 13.0 Å². The molecule has 0 radical (unpaired) electrons. The number of nitrogens with one attached hydrogen (secondary N) is 2. The largest absolute Gasteiger partial charge is 0.394 e. The standard InChI is InChI=1S/C10H12F2N2O2/c1-6(5-15)13-10(16)14-9-4-7(11)2-3-8(9)12/h2-4,6,15H,5H2,1H3,(H2,13,14,16). The van der Waals surface area contributed by atoms with Crippen molar-refractivity contribution >= 4 is 11.7 Å². The van der Waals surface area contributed by atoms with Crippen molar-refractivity contribution in [1.29, 1.82) is 0 Å². The number of carbonyl (C=O) groups is 1. The van der Waals surface area contributed by atoms with Gasteiger partial charge in [-0.05, 0) is 19.1 Å². The minimum Gasteiger partial charge on any atom is -0.394 e. The van der Waals surface area contributed by atoms with Gasteiger partial charge in [-0.1, -0.05) is 0 Å². The van der Waals surface area contributed by atoms with E-state index >= 15 is 0 Å². The van der Waals surface area contributed by atoms with Crippen molar-refractivity contribution in [3.63, 3.8) is 0 Å². The van der Waals surface area contributed by atoms with Gasteiger partial charge >= 0.3 is 6.03 Å². The van der Waals surface area contributed by atoms with Crippen LogP contribution in [0.4, 0.5) is 19.3 Å². The summed E-state index contributed by atoms with van der Waals surface area (Å²) >= 11 is 0. The van der Waals surface area contributed by atoms with Gasteiger partial charge in [0.15, 0.2) is 0 Å². The van der Waals surface area contributed by atoms with Crippen molar-refractivity contribution in [3.05, 3.63) is 29.8 Å². The normalized spacial score (nSPS) is 12.0. The fourth-order valence-electron chi connectivity index (χ4n) is 1.02. The molecule has 1 aromatic carbocycles. The van der Waals surface area contributed by atoms with Crippen LogP contribution in [0.2, 0.25) is 0 Å². The molecule has 6 heteroatoms. The number of aliphatic hydroxyl groups is 1. The number of rotatable bonds is 3.